The van der Waals surface area contributed by atoms with E-state index in [0.717, 1.165) is 55.7 Å². The fourth-order valence-electron chi connectivity index (χ4n) is 7.75. The number of hydrogen-bond donors (Lipinski definition) is 0. The van der Waals surface area contributed by atoms with Crippen LogP contribution in [0.25, 0.3) is 77.2 Å². The second-order valence-corrected chi connectivity index (χ2v) is 13.7. The molecule has 10 rings (SSSR count). The number of anilines is 3. The van der Waals surface area contributed by atoms with Crippen LogP contribution in [0, 0.1) is 0 Å². The summed E-state index contributed by atoms with van der Waals surface area (Å²) in [6, 6.07) is 75.8. The predicted molar refractivity (Wildman–Crippen MR) is 228 cm³/mol. The first kappa shape index (κ1) is 31.6. The number of para-hydroxylation sites is 1. The summed E-state index contributed by atoms with van der Waals surface area (Å²) in [7, 11) is 0. The Kier molecular flexibility index (Phi) is 7.85. The minimum absolute atomic E-state index is 0.871. The highest BCUT2D eigenvalue weighted by Gasteiger charge is 2.22. The number of benzene rings is 9. The third kappa shape index (κ3) is 5.71. The van der Waals surface area contributed by atoms with Crippen molar-refractivity contribution in [2.45, 2.75) is 0 Å². The van der Waals surface area contributed by atoms with Gasteiger partial charge in [-0.05, 0) is 98.2 Å². The summed E-state index contributed by atoms with van der Waals surface area (Å²) in [6.45, 7) is 0. The Hall–Kier alpha value is -7.16. The zero-order valence-corrected chi connectivity index (χ0v) is 29.6. The molecule has 0 N–H and O–H groups in total. The molecule has 0 aliphatic rings. The zero-order valence-electron chi connectivity index (χ0n) is 29.6. The topological polar surface area (TPSA) is 16.4 Å². The summed E-state index contributed by atoms with van der Waals surface area (Å²) >= 11 is 0. The first-order valence-electron chi connectivity index (χ1n) is 18.4. The molecule has 0 aliphatic carbocycles. The van der Waals surface area contributed by atoms with Gasteiger partial charge in [0, 0.05) is 22.3 Å². The zero-order chi connectivity index (χ0) is 35.8. The van der Waals surface area contributed by atoms with Crippen LogP contribution in [0.3, 0.4) is 0 Å². The smallest absolute Gasteiger partial charge is 0.145 e. The van der Waals surface area contributed by atoms with Crippen LogP contribution in [0.4, 0.5) is 17.1 Å². The number of furan rings is 1. The van der Waals surface area contributed by atoms with E-state index in [1.165, 1.54) is 38.6 Å². The molecule has 0 spiro atoms. The standard InChI is InChI=1S/C52H35NO/c1-3-12-36(13-4-1)38-22-24-39(25-23-38)43-18-11-19-46(35-43)53(45-30-28-40(29-31-45)44-27-26-37-14-7-8-17-42(37)34-44)49-33-32-47(41-15-5-2-6-16-41)52-51(49)48-20-9-10-21-50(48)54-52/h1-35H. The van der Waals surface area contributed by atoms with E-state index >= 15 is 0 Å². The fourth-order valence-corrected chi connectivity index (χ4v) is 7.75. The molecule has 0 saturated carbocycles. The average Bonchev–Trinajstić information content (AvgIpc) is 3.65. The van der Waals surface area contributed by atoms with Crippen LogP contribution in [0.5, 0.6) is 0 Å². The van der Waals surface area contributed by atoms with Gasteiger partial charge in [-0.25, -0.2) is 0 Å². The van der Waals surface area contributed by atoms with E-state index in [2.05, 4.69) is 211 Å². The van der Waals surface area contributed by atoms with Crippen LogP contribution in [0.2, 0.25) is 0 Å². The summed E-state index contributed by atoms with van der Waals surface area (Å²) in [6.07, 6.45) is 0. The molecular formula is C52H35NO. The van der Waals surface area contributed by atoms with Crippen molar-refractivity contribution in [1.29, 1.82) is 0 Å². The molecule has 254 valence electrons. The highest BCUT2D eigenvalue weighted by Crippen LogP contribution is 2.46. The third-order valence-corrected chi connectivity index (χ3v) is 10.5. The quantitative estimate of drug-likeness (QED) is 0.166. The normalized spacial score (nSPS) is 11.3. The Labute approximate surface area is 314 Å². The molecule has 1 heterocycles. The molecule has 1 aromatic heterocycles. The van der Waals surface area contributed by atoms with Crippen LogP contribution in [0.15, 0.2) is 217 Å². The number of hydrogen-bond acceptors (Lipinski definition) is 2. The van der Waals surface area contributed by atoms with E-state index in [1.807, 2.05) is 6.07 Å². The Balaban J connectivity index is 1.14. The molecule has 9 aromatic carbocycles. The first-order chi connectivity index (χ1) is 26.8. The van der Waals surface area contributed by atoms with Gasteiger partial charge in [0.15, 0.2) is 0 Å². The molecule has 54 heavy (non-hydrogen) atoms. The van der Waals surface area contributed by atoms with Gasteiger partial charge in [0.25, 0.3) is 0 Å². The van der Waals surface area contributed by atoms with Gasteiger partial charge in [-0.3, -0.25) is 0 Å². The molecule has 0 aliphatic heterocycles. The summed E-state index contributed by atoms with van der Waals surface area (Å²) in [4.78, 5) is 2.38. The van der Waals surface area contributed by atoms with Crippen LogP contribution < -0.4 is 4.90 Å². The van der Waals surface area contributed by atoms with Crippen LogP contribution >= 0.6 is 0 Å². The molecule has 0 radical (unpaired) electrons. The van der Waals surface area contributed by atoms with Gasteiger partial charge >= 0.3 is 0 Å². The third-order valence-electron chi connectivity index (χ3n) is 10.5. The molecule has 0 atom stereocenters. The minimum atomic E-state index is 0.871. The van der Waals surface area contributed by atoms with Crippen molar-refractivity contribution in [3.05, 3.63) is 212 Å². The second kappa shape index (κ2) is 13.4. The van der Waals surface area contributed by atoms with Crippen molar-refractivity contribution in [3.8, 4) is 44.5 Å². The molecule has 0 bridgehead atoms. The number of rotatable bonds is 7. The lowest BCUT2D eigenvalue weighted by Crippen LogP contribution is -2.10. The summed E-state index contributed by atoms with van der Waals surface area (Å²) in [5, 5.41) is 4.66. The van der Waals surface area contributed by atoms with Crippen molar-refractivity contribution in [1.82, 2.24) is 0 Å². The van der Waals surface area contributed by atoms with Crippen molar-refractivity contribution in [2.24, 2.45) is 0 Å². The molecule has 2 heteroatoms. The molecule has 2 nitrogen and oxygen atoms in total. The fraction of sp³-hybridized carbons (Fsp3) is 0. The lowest BCUT2D eigenvalue weighted by molar-refractivity contribution is 0.670. The minimum Gasteiger partial charge on any atom is -0.455 e. The van der Waals surface area contributed by atoms with Gasteiger partial charge in [0.2, 0.25) is 0 Å². The second-order valence-electron chi connectivity index (χ2n) is 13.7. The molecule has 0 saturated heterocycles. The van der Waals surface area contributed by atoms with E-state index < -0.39 is 0 Å². The van der Waals surface area contributed by atoms with Crippen LogP contribution in [-0.2, 0) is 0 Å². The van der Waals surface area contributed by atoms with E-state index in [1.54, 1.807) is 0 Å². The SMILES string of the molecule is c1ccc(-c2ccc(-c3cccc(N(c4ccc(-c5ccc6ccccc6c5)cc4)c4ccc(-c5ccccc5)c5oc6ccccc6c45)c3)cc2)cc1. The van der Waals surface area contributed by atoms with Gasteiger partial charge in [0.1, 0.15) is 11.2 Å². The van der Waals surface area contributed by atoms with E-state index in [4.69, 9.17) is 4.42 Å². The molecule has 10 aromatic rings. The summed E-state index contributed by atoms with van der Waals surface area (Å²) in [5.74, 6) is 0. The maximum absolute atomic E-state index is 6.73. The van der Waals surface area contributed by atoms with Crippen LogP contribution in [-0.4, -0.2) is 0 Å². The monoisotopic (exact) mass is 689 g/mol. The average molecular weight is 690 g/mol. The van der Waals surface area contributed by atoms with Crippen molar-refractivity contribution in [2.75, 3.05) is 4.90 Å². The van der Waals surface area contributed by atoms with Crippen molar-refractivity contribution < 1.29 is 4.42 Å². The van der Waals surface area contributed by atoms with Crippen molar-refractivity contribution >= 4 is 49.8 Å². The summed E-state index contributed by atoms with van der Waals surface area (Å²) < 4.78 is 6.73. The number of nitrogens with zero attached hydrogens (tertiary/aromatic N) is 1. The van der Waals surface area contributed by atoms with E-state index in [9.17, 15) is 0 Å². The predicted octanol–water partition coefficient (Wildman–Crippen LogP) is 14.9. The molecular weight excluding hydrogens is 655 g/mol. The van der Waals surface area contributed by atoms with Crippen LogP contribution in [0.1, 0.15) is 0 Å². The molecule has 0 fully saturated rings. The van der Waals surface area contributed by atoms with E-state index in [-0.39, 0.29) is 0 Å². The Morgan fingerprint density at radius 3 is 1.65 bits per heavy atom. The lowest BCUT2D eigenvalue weighted by Gasteiger charge is -2.27. The Morgan fingerprint density at radius 1 is 0.333 bits per heavy atom. The first-order valence-corrected chi connectivity index (χ1v) is 18.4. The molecule has 0 unspecified atom stereocenters. The van der Waals surface area contributed by atoms with E-state index in [0.29, 0.717) is 0 Å². The van der Waals surface area contributed by atoms with Gasteiger partial charge in [-0.1, -0.05) is 164 Å². The van der Waals surface area contributed by atoms with Gasteiger partial charge < -0.3 is 9.32 Å². The van der Waals surface area contributed by atoms with Crippen molar-refractivity contribution in [3.63, 3.8) is 0 Å². The maximum Gasteiger partial charge on any atom is 0.145 e. The van der Waals surface area contributed by atoms with Gasteiger partial charge in [-0.15, -0.1) is 0 Å². The highest BCUT2D eigenvalue weighted by atomic mass is 16.3. The summed E-state index contributed by atoms with van der Waals surface area (Å²) in [5.41, 5.74) is 14.3. The van der Waals surface area contributed by atoms with Gasteiger partial charge in [-0.2, -0.15) is 0 Å². The number of fused-ring (bicyclic) bond motifs is 4. The Morgan fingerprint density at radius 2 is 0.889 bits per heavy atom. The maximum atomic E-state index is 6.73. The molecule has 0 amide bonds. The highest BCUT2D eigenvalue weighted by molar-refractivity contribution is 6.17. The largest absolute Gasteiger partial charge is 0.455 e. The lowest BCUT2D eigenvalue weighted by atomic mass is 9.98. The van der Waals surface area contributed by atoms with Gasteiger partial charge in [0.05, 0.1) is 11.1 Å². The Bertz CT molecular complexity index is 2910.